The molecule has 0 saturated carbocycles. The highest BCUT2D eigenvalue weighted by Gasteiger charge is 2.27. The molecule has 2 aromatic heterocycles. The Morgan fingerprint density at radius 3 is 2.75 bits per heavy atom. The first-order chi connectivity index (χ1) is 11.7. The predicted octanol–water partition coefficient (Wildman–Crippen LogP) is 1.23. The molecular formula is C16H16N6OS. The zero-order valence-electron chi connectivity index (χ0n) is 13.0. The van der Waals surface area contributed by atoms with Crippen molar-refractivity contribution in [2.24, 2.45) is 0 Å². The van der Waals surface area contributed by atoms with Gasteiger partial charge in [-0.3, -0.25) is 9.69 Å². The van der Waals surface area contributed by atoms with Gasteiger partial charge in [-0.15, -0.1) is 11.3 Å². The van der Waals surface area contributed by atoms with Crippen molar-refractivity contribution in [3.8, 4) is 12.1 Å². The number of imidazole rings is 1. The minimum Gasteiger partial charge on any atom is -0.339 e. The number of carbonyl (C=O) groups excluding carboxylic acids is 1. The zero-order valence-corrected chi connectivity index (χ0v) is 13.8. The number of piperazine rings is 1. The van der Waals surface area contributed by atoms with Gasteiger partial charge in [0.25, 0.3) is 0 Å². The molecule has 1 fully saturated rings. The fraction of sp³-hybridized carbons (Fsp3) is 0.375. The molecule has 1 amide bonds. The van der Waals surface area contributed by atoms with Crippen molar-refractivity contribution >= 4 is 17.2 Å². The Labute approximate surface area is 144 Å². The van der Waals surface area contributed by atoms with E-state index < -0.39 is 0 Å². The van der Waals surface area contributed by atoms with Crippen molar-refractivity contribution in [2.75, 3.05) is 26.2 Å². The fourth-order valence-electron chi connectivity index (χ4n) is 2.80. The summed E-state index contributed by atoms with van der Waals surface area (Å²) in [5.74, 6) is 0.206. The average molecular weight is 340 g/mol. The normalized spacial score (nSPS) is 16.3. The minimum atomic E-state index is -0.249. The van der Waals surface area contributed by atoms with Gasteiger partial charge in [0.05, 0.1) is 6.07 Å². The molecule has 7 nitrogen and oxygen atoms in total. The summed E-state index contributed by atoms with van der Waals surface area (Å²) >= 11 is 1.58. The van der Waals surface area contributed by atoms with Gasteiger partial charge in [0.1, 0.15) is 18.7 Å². The first-order valence-electron chi connectivity index (χ1n) is 7.59. The van der Waals surface area contributed by atoms with Gasteiger partial charge in [0.15, 0.2) is 0 Å². The van der Waals surface area contributed by atoms with Gasteiger partial charge in [0, 0.05) is 43.4 Å². The number of hydrogen-bond acceptors (Lipinski definition) is 6. The Kier molecular flexibility index (Phi) is 4.90. The van der Waals surface area contributed by atoms with Crippen LogP contribution in [0.2, 0.25) is 0 Å². The highest BCUT2D eigenvalue weighted by atomic mass is 32.1. The van der Waals surface area contributed by atoms with E-state index in [1.165, 1.54) is 6.20 Å². The van der Waals surface area contributed by atoms with Crippen LogP contribution in [-0.4, -0.2) is 51.4 Å². The van der Waals surface area contributed by atoms with E-state index in [2.05, 4.69) is 16.0 Å². The lowest BCUT2D eigenvalue weighted by molar-refractivity contribution is -0.133. The first kappa shape index (κ1) is 16.2. The van der Waals surface area contributed by atoms with Crippen LogP contribution < -0.4 is 0 Å². The molecule has 0 N–H and O–H groups in total. The third-order valence-electron chi connectivity index (χ3n) is 4.09. The predicted molar refractivity (Wildman–Crippen MR) is 87.8 cm³/mol. The van der Waals surface area contributed by atoms with Crippen molar-refractivity contribution in [1.29, 1.82) is 10.5 Å². The number of hydrogen-bond donors (Lipinski definition) is 0. The van der Waals surface area contributed by atoms with Crippen molar-refractivity contribution < 1.29 is 4.79 Å². The van der Waals surface area contributed by atoms with Crippen LogP contribution in [0.5, 0.6) is 0 Å². The van der Waals surface area contributed by atoms with Crippen LogP contribution in [0, 0.1) is 22.7 Å². The maximum absolute atomic E-state index is 12.4. The third kappa shape index (κ3) is 3.30. The zero-order chi connectivity index (χ0) is 16.9. The molecule has 0 aliphatic carbocycles. The highest BCUT2D eigenvalue weighted by molar-refractivity contribution is 7.10. The lowest BCUT2D eigenvalue weighted by atomic mass is 10.2. The number of nitriles is 2. The van der Waals surface area contributed by atoms with Crippen molar-refractivity contribution in [3.05, 3.63) is 40.6 Å². The second-order valence-electron chi connectivity index (χ2n) is 5.45. The van der Waals surface area contributed by atoms with E-state index in [0.29, 0.717) is 26.2 Å². The molecule has 3 rings (SSSR count). The van der Waals surface area contributed by atoms with Gasteiger partial charge < -0.3 is 9.47 Å². The van der Waals surface area contributed by atoms with E-state index >= 15 is 0 Å². The summed E-state index contributed by atoms with van der Waals surface area (Å²) in [4.78, 5) is 21.2. The Hall–Kier alpha value is -2.68. The van der Waals surface area contributed by atoms with E-state index in [0.717, 1.165) is 4.88 Å². The summed E-state index contributed by atoms with van der Waals surface area (Å²) in [7, 11) is 0. The summed E-state index contributed by atoms with van der Waals surface area (Å²) < 4.78 is 1.55. The molecule has 1 saturated heterocycles. The van der Waals surface area contributed by atoms with Gasteiger partial charge in [-0.05, 0) is 11.4 Å². The van der Waals surface area contributed by atoms with Crippen LogP contribution >= 0.6 is 11.3 Å². The summed E-state index contributed by atoms with van der Waals surface area (Å²) in [5, 5.41) is 20.4. The molecule has 1 aliphatic rings. The van der Waals surface area contributed by atoms with E-state index in [1.54, 1.807) is 27.0 Å². The lowest BCUT2D eigenvalue weighted by Gasteiger charge is -2.36. The molecule has 0 unspecified atom stereocenters. The van der Waals surface area contributed by atoms with Crippen LogP contribution in [0.25, 0.3) is 0 Å². The van der Waals surface area contributed by atoms with Gasteiger partial charge in [0.2, 0.25) is 11.7 Å². The maximum Gasteiger partial charge on any atom is 0.242 e. The van der Waals surface area contributed by atoms with Crippen LogP contribution in [0.1, 0.15) is 16.7 Å². The Morgan fingerprint density at radius 1 is 1.33 bits per heavy atom. The van der Waals surface area contributed by atoms with Crippen molar-refractivity contribution in [3.63, 3.8) is 0 Å². The second kappa shape index (κ2) is 7.26. The third-order valence-corrected chi connectivity index (χ3v) is 5.01. The number of aromatic nitrogens is 2. The fourth-order valence-corrected chi connectivity index (χ4v) is 3.60. The van der Waals surface area contributed by atoms with Gasteiger partial charge in [-0.1, -0.05) is 6.07 Å². The van der Waals surface area contributed by atoms with Crippen molar-refractivity contribution in [1.82, 2.24) is 19.4 Å². The second-order valence-corrected chi connectivity index (χ2v) is 6.43. The standard InChI is InChI=1S/C16H16N6OS/c17-10-13(14-2-1-9-24-14)20-5-7-21(8-6-20)16(23)12-22-4-3-19-15(22)11-18/h1-4,9,13H,5-8,12H2/t13-/m1/s1. The lowest BCUT2D eigenvalue weighted by Crippen LogP contribution is -2.50. The summed E-state index contributed by atoms with van der Waals surface area (Å²) in [6.45, 7) is 2.61. The molecule has 0 spiro atoms. The maximum atomic E-state index is 12.4. The highest BCUT2D eigenvalue weighted by Crippen LogP contribution is 2.25. The number of thiophene rings is 1. The molecule has 0 bridgehead atoms. The summed E-state index contributed by atoms with van der Waals surface area (Å²) in [6.07, 6.45) is 3.15. The van der Waals surface area contributed by atoms with Crippen LogP contribution in [-0.2, 0) is 11.3 Å². The topological polar surface area (TPSA) is 88.9 Å². The molecule has 122 valence electrons. The molecular weight excluding hydrogens is 324 g/mol. The Balaban J connectivity index is 1.58. The molecule has 1 atom stereocenters. The van der Waals surface area contributed by atoms with Gasteiger partial charge in [-0.2, -0.15) is 10.5 Å². The number of nitrogens with zero attached hydrogens (tertiary/aromatic N) is 6. The number of amides is 1. The van der Waals surface area contributed by atoms with E-state index in [9.17, 15) is 10.1 Å². The number of carbonyl (C=O) groups is 1. The molecule has 2 aromatic rings. The first-order valence-corrected chi connectivity index (χ1v) is 8.47. The van der Waals surface area contributed by atoms with E-state index in [4.69, 9.17) is 5.26 Å². The largest absolute Gasteiger partial charge is 0.339 e. The average Bonchev–Trinajstić information content (AvgIpc) is 3.28. The molecule has 0 radical (unpaired) electrons. The molecule has 1 aliphatic heterocycles. The smallest absolute Gasteiger partial charge is 0.242 e. The Bertz CT molecular complexity index is 776. The summed E-state index contributed by atoms with van der Waals surface area (Å²) in [5.41, 5.74) is 0. The number of rotatable bonds is 4. The van der Waals surface area contributed by atoms with Gasteiger partial charge >= 0.3 is 0 Å². The SMILES string of the molecule is N#Cc1nccn1CC(=O)N1CCN([C@H](C#N)c2cccs2)CC1. The van der Waals surface area contributed by atoms with Crippen LogP contribution in [0.15, 0.2) is 29.9 Å². The van der Waals surface area contributed by atoms with Crippen LogP contribution in [0.3, 0.4) is 0 Å². The monoisotopic (exact) mass is 340 g/mol. The quantitative estimate of drug-likeness (QED) is 0.835. The Morgan fingerprint density at radius 2 is 2.12 bits per heavy atom. The van der Waals surface area contributed by atoms with E-state index in [1.807, 2.05) is 23.6 Å². The molecule has 3 heterocycles. The molecule has 0 aromatic carbocycles. The minimum absolute atomic E-state index is 0.0335. The van der Waals surface area contributed by atoms with Gasteiger partial charge in [-0.25, -0.2) is 4.98 Å². The van der Waals surface area contributed by atoms with Crippen LogP contribution in [0.4, 0.5) is 0 Å². The van der Waals surface area contributed by atoms with E-state index in [-0.39, 0.29) is 24.3 Å². The molecule has 24 heavy (non-hydrogen) atoms. The molecule has 8 heteroatoms. The summed E-state index contributed by atoms with van der Waals surface area (Å²) in [6, 6.07) is 7.99. The van der Waals surface area contributed by atoms with Crippen molar-refractivity contribution in [2.45, 2.75) is 12.6 Å².